The summed E-state index contributed by atoms with van der Waals surface area (Å²) < 4.78 is 0. The van der Waals surface area contributed by atoms with Crippen LogP contribution in [0.15, 0.2) is 41.1 Å². The van der Waals surface area contributed by atoms with Gasteiger partial charge in [0.2, 0.25) is 0 Å². The average Bonchev–Trinajstić information content (AvgIpc) is 2.64. The number of likely N-dealkylation sites (N-methyl/N-ethyl adjacent to an activating group) is 1. The summed E-state index contributed by atoms with van der Waals surface area (Å²) in [6.45, 7) is 1.23. The Morgan fingerprint density at radius 1 is 1.23 bits per heavy atom. The summed E-state index contributed by atoms with van der Waals surface area (Å²) in [4.78, 5) is 2.07. The second-order valence-corrected chi connectivity index (χ2v) is 7.33. The molecule has 26 heavy (non-hydrogen) atoms. The Balaban J connectivity index is 2.39. The zero-order valence-corrected chi connectivity index (χ0v) is 15.5. The molecule has 0 bridgehead atoms. The first-order valence-corrected chi connectivity index (χ1v) is 8.72. The molecule has 1 aromatic rings. The van der Waals surface area contributed by atoms with E-state index in [4.69, 9.17) is 28.9 Å². The van der Waals surface area contributed by atoms with E-state index in [2.05, 4.69) is 23.1 Å². The van der Waals surface area contributed by atoms with Gasteiger partial charge >= 0.3 is 0 Å². The van der Waals surface area contributed by atoms with Crippen LogP contribution in [0.2, 0.25) is 10.0 Å². The highest BCUT2D eigenvalue weighted by Crippen LogP contribution is 2.55. The van der Waals surface area contributed by atoms with Crippen LogP contribution in [0.3, 0.4) is 0 Å². The van der Waals surface area contributed by atoms with Gasteiger partial charge in [0, 0.05) is 24.9 Å². The van der Waals surface area contributed by atoms with Crippen molar-refractivity contribution in [1.82, 2.24) is 4.90 Å². The summed E-state index contributed by atoms with van der Waals surface area (Å²) >= 11 is 12.6. The van der Waals surface area contributed by atoms with Crippen molar-refractivity contribution in [3.63, 3.8) is 0 Å². The topological polar surface area (TPSA) is 101 Å². The zero-order chi connectivity index (χ0) is 19.1. The third-order valence-electron chi connectivity index (χ3n) is 5.16. The van der Waals surface area contributed by atoms with Crippen molar-refractivity contribution >= 4 is 23.2 Å². The number of hydrogen-bond acceptors (Lipinski definition) is 5. The lowest BCUT2D eigenvalue weighted by Gasteiger charge is -2.45. The van der Waals surface area contributed by atoms with Gasteiger partial charge < -0.3 is 10.6 Å². The standard InChI is InChI=1S/C19H15Cl2N5/c1-26-6-5-11-13(7-22)18(25)19(9-23,10-24)16(14(11)8-26)12-3-2-4-15(20)17(12)21/h2-5,14,16H,6,8,25H2,1H3. The summed E-state index contributed by atoms with van der Waals surface area (Å²) in [6.07, 6.45) is 1.93. The summed E-state index contributed by atoms with van der Waals surface area (Å²) in [7, 11) is 1.94. The Hall–Kier alpha value is -2.49. The third kappa shape index (κ3) is 2.47. The molecule has 0 amide bonds. The monoisotopic (exact) mass is 383 g/mol. The first kappa shape index (κ1) is 18.3. The molecule has 1 heterocycles. The van der Waals surface area contributed by atoms with E-state index in [0.717, 1.165) is 5.57 Å². The van der Waals surface area contributed by atoms with E-state index in [-0.39, 0.29) is 17.2 Å². The first-order valence-electron chi connectivity index (χ1n) is 7.97. The number of nitrogens with zero attached hydrogens (tertiary/aromatic N) is 4. The lowest BCUT2D eigenvalue weighted by Crippen LogP contribution is -2.47. The van der Waals surface area contributed by atoms with Crippen LogP contribution in [0, 0.1) is 45.3 Å². The largest absolute Gasteiger partial charge is 0.399 e. The number of allylic oxidation sites excluding steroid dienone is 2. The van der Waals surface area contributed by atoms with Crippen LogP contribution < -0.4 is 5.73 Å². The van der Waals surface area contributed by atoms with Gasteiger partial charge in [-0.1, -0.05) is 41.4 Å². The van der Waals surface area contributed by atoms with Crippen molar-refractivity contribution in [2.45, 2.75) is 5.92 Å². The van der Waals surface area contributed by atoms with Crippen LogP contribution in [0.25, 0.3) is 0 Å². The van der Waals surface area contributed by atoms with Crippen LogP contribution in [0.1, 0.15) is 11.5 Å². The maximum atomic E-state index is 9.97. The minimum Gasteiger partial charge on any atom is -0.399 e. The lowest BCUT2D eigenvalue weighted by molar-refractivity contribution is 0.238. The summed E-state index contributed by atoms with van der Waals surface area (Å²) in [5.74, 6) is -0.902. The molecule has 1 aromatic carbocycles. The van der Waals surface area contributed by atoms with Gasteiger partial charge in [0.15, 0.2) is 5.41 Å². The number of rotatable bonds is 1. The Morgan fingerprint density at radius 3 is 2.54 bits per heavy atom. The summed E-state index contributed by atoms with van der Waals surface area (Å²) in [5.41, 5.74) is 6.10. The molecule has 0 saturated heterocycles. The Bertz CT molecular complexity index is 944. The number of nitriles is 3. The smallest absolute Gasteiger partial charge is 0.191 e. The number of fused-ring (bicyclic) bond motifs is 1. The Kier molecular flexibility index (Phi) is 4.70. The van der Waals surface area contributed by atoms with Gasteiger partial charge in [-0.3, -0.25) is 0 Å². The molecule has 1 aliphatic heterocycles. The molecule has 2 aliphatic rings. The van der Waals surface area contributed by atoms with Gasteiger partial charge in [-0.2, -0.15) is 15.8 Å². The molecular weight excluding hydrogens is 369 g/mol. The van der Waals surface area contributed by atoms with Gasteiger partial charge in [0.1, 0.15) is 6.07 Å². The minimum atomic E-state index is -1.69. The van der Waals surface area contributed by atoms with Crippen molar-refractivity contribution in [3.8, 4) is 18.2 Å². The fourth-order valence-corrected chi connectivity index (χ4v) is 4.35. The zero-order valence-electron chi connectivity index (χ0n) is 14.0. The lowest BCUT2D eigenvalue weighted by atomic mass is 9.58. The molecule has 0 aromatic heterocycles. The van der Waals surface area contributed by atoms with E-state index in [0.29, 0.717) is 28.7 Å². The molecule has 2 unspecified atom stereocenters. The van der Waals surface area contributed by atoms with Crippen LogP contribution in [-0.2, 0) is 0 Å². The normalized spacial score (nSPS) is 24.7. The summed E-state index contributed by atoms with van der Waals surface area (Å²) in [5, 5.41) is 30.2. The van der Waals surface area contributed by atoms with Crippen molar-refractivity contribution in [2.75, 3.05) is 20.1 Å². The molecule has 130 valence electrons. The van der Waals surface area contributed by atoms with Crippen LogP contribution in [0.5, 0.6) is 0 Å². The molecule has 2 N–H and O–H groups in total. The van der Waals surface area contributed by atoms with E-state index in [1.165, 1.54) is 0 Å². The molecule has 2 atom stereocenters. The number of hydrogen-bond donors (Lipinski definition) is 1. The van der Waals surface area contributed by atoms with Gasteiger partial charge in [-0.15, -0.1) is 0 Å². The molecule has 0 spiro atoms. The van der Waals surface area contributed by atoms with Crippen LogP contribution >= 0.6 is 23.2 Å². The highest BCUT2D eigenvalue weighted by Gasteiger charge is 2.54. The van der Waals surface area contributed by atoms with Crippen molar-refractivity contribution < 1.29 is 0 Å². The second kappa shape index (κ2) is 6.67. The van der Waals surface area contributed by atoms with Gasteiger partial charge in [-0.25, -0.2) is 0 Å². The molecule has 0 fully saturated rings. The van der Waals surface area contributed by atoms with E-state index >= 15 is 0 Å². The Labute approximate surface area is 162 Å². The first-order chi connectivity index (χ1) is 12.4. The molecule has 3 rings (SSSR count). The predicted octanol–water partition coefficient (Wildman–Crippen LogP) is 3.35. The molecular formula is C19H15Cl2N5. The number of benzene rings is 1. The maximum Gasteiger partial charge on any atom is 0.191 e. The predicted molar refractivity (Wildman–Crippen MR) is 98.8 cm³/mol. The highest BCUT2D eigenvalue weighted by molar-refractivity contribution is 6.42. The van der Waals surface area contributed by atoms with Crippen molar-refractivity contribution in [2.24, 2.45) is 17.1 Å². The molecule has 5 nitrogen and oxygen atoms in total. The van der Waals surface area contributed by atoms with Gasteiger partial charge in [0.25, 0.3) is 0 Å². The minimum absolute atomic E-state index is 0.0157. The van der Waals surface area contributed by atoms with Gasteiger partial charge in [-0.05, 0) is 24.3 Å². The van der Waals surface area contributed by atoms with Crippen LogP contribution in [-0.4, -0.2) is 25.0 Å². The van der Waals surface area contributed by atoms with Gasteiger partial charge in [0.05, 0.1) is 33.5 Å². The number of nitrogens with two attached hydrogens (primary N) is 1. The highest BCUT2D eigenvalue weighted by atomic mass is 35.5. The van der Waals surface area contributed by atoms with E-state index in [1.807, 2.05) is 13.1 Å². The number of halogens is 2. The SMILES string of the molecule is CN1CC=C2C(C#N)=C(N)C(C#N)(C#N)C(c3cccc(Cl)c3Cl)C2C1. The van der Waals surface area contributed by atoms with Crippen molar-refractivity contribution in [3.05, 3.63) is 56.7 Å². The molecule has 0 saturated carbocycles. The molecule has 7 heteroatoms. The van der Waals surface area contributed by atoms with Crippen molar-refractivity contribution in [1.29, 1.82) is 15.8 Å². The second-order valence-electron chi connectivity index (χ2n) is 6.54. The molecule has 0 radical (unpaired) electrons. The molecule has 1 aliphatic carbocycles. The summed E-state index contributed by atoms with van der Waals surface area (Å²) in [6, 6.07) is 11.4. The quantitative estimate of drug-likeness (QED) is 0.800. The van der Waals surface area contributed by atoms with E-state index < -0.39 is 11.3 Å². The fraction of sp³-hybridized carbons (Fsp3) is 0.316. The average molecular weight is 384 g/mol. The third-order valence-corrected chi connectivity index (χ3v) is 6.00. The maximum absolute atomic E-state index is 9.97. The van der Waals surface area contributed by atoms with E-state index in [9.17, 15) is 15.8 Å². The fourth-order valence-electron chi connectivity index (χ4n) is 3.93. The van der Waals surface area contributed by atoms with Crippen LogP contribution in [0.4, 0.5) is 0 Å². The Morgan fingerprint density at radius 2 is 1.92 bits per heavy atom. The van der Waals surface area contributed by atoms with E-state index in [1.54, 1.807) is 18.2 Å².